The molecule has 0 radical (unpaired) electrons. The van der Waals surface area contributed by atoms with Crippen molar-refractivity contribution >= 4 is 13.3 Å². The van der Waals surface area contributed by atoms with Crippen molar-refractivity contribution in [1.82, 2.24) is 0 Å². The summed E-state index contributed by atoms with van der Waals surface area (Å²) in [5.41, 5.74) is 4.38. The monoisotopic (exact) mass is 410 g/mol. The fraction of sp³-hybridized carbons (Fsp3) is 0.241. The van der Waals surface area contributed by atoms with Crippen molar-refractivity contribution in [2.24, 2.45) is 0 Å². The van der Waals surface area contributed by atoms with E-state index in [-0.39, 0.29) is 0 Å². The van der Waals surface area contributed by atoms with Gasteiger partial charge in [-0.3, -0.25) is 0 Å². The summed E-state index contributed by atoms with van der Waals surface area (Å²) in [6.45, 7) is 4.92. The van der Waals surface area contributed by atoms with Gasteiger partial charge in [0.25, 0.3) is 0 Å². The summed E-state index contributed by atoms with van der Waals surface area (Å²) in [4.78, 5) is 0. The first kappa shape index (κ1) is 22.1. The lowest BCUT2D eigenvalue weighted by molar-refractivity contribution is 0.835. The Hall–Kier alpha value is -2.64. The van der Waals surface area contributed by atoms with Gasteiger partial charge in [0, 0.05) is 0 Å². The van der Waals surface area contributed by atoms with E-state index in [2.05, 4.69) is 122 Å². The molecule has 154 valence electrons. The second-order valence-corrected chi connectivity index (χ2v) is 13.4. The summed E-state index contributed by atoms with van der Waals surface area (Å²) in [5, 5.41) is 1.53. The highest BCUT2D eigenvalue weighted by Crippen LogP contribution is 2.17. The third kappa shape index (κ3) is 7.31. The number of benzene rings is 3. The van der Waals surface area contributed by atoms with E-state index in [1.165, 1.54) is 27.9 Å². The number of hydrogen-bond acceptors (Lipinski definition) is 0. The first-order valence-electron chi connectivity index (χ1n) is 11.1. The van der Waals surface area contributed by atoms with E-state index in [4.69, 9.17) is 0 Å². The average molecular weight is 411 g/mol. The van der Waals surface area contributed by atoms with Gasteiger partial charge in [0.2, 0.25) is 0 Å². The second kappa shape index (κ2) is 11.5. The zero-order valence-electron chi connectivity index (χ0n) is 18.4. The SMILES string of the molecule is C[Si](C)(C/C=C\C=C(CCc1ccccc1)CCc1ccccc1)c1ccccc1. The molecule has 0 N–H and O–H groups in total. The fourth-order valence-corrected chi connectivity index (χ4v) is 5.82. The molecule has 0 atom stereocenters. The van der Waals surface area contributed by atoms with Gasteiger partial charge >= 0.3 is 0 Å². The Morgan fingerprint density at radius 3 is 1.63 bits per heavy atom. The van der Waals surface area contributed by atoms with Crippen LogP contribution in [-0.4, -0.2) is 8.07 Å². The Morgan fingerprint density at radius 1 is 0.667 bits per heavy atom. The van der Waals surface area contributed by atoms with Crippen molar-refractivity contribution in [1.29, 1.82) is 0 Å². The minimum atomic E-state index is -1.41. The minimum absolute atomic E-state index is 1.11. The highest BCUT2D eigenvalue weighted by molar-refractivity contribution is 6.90. The lowest BCUT2D eigenvalue weighted by Gasteiger charge is -2.20. The van der Waals surface area contributed by atoms with Gasteiger partial charge in [0.15, 0.2) is 0 Å². The molecular weight excluding hydrogens is 376 g/mol. The lowest BCUT2D eigenvalue weighted by Crippen LogP contribution is -2.40. The van der Waals surface area contributed by atoms with Crippen LogP contribution in [0.25, 0.3) is 0 Å². The number of allylic oxidation sites excluding steroid dienone is 4. The van der Waals surface area contributed by atoms with Crippen molar-refractivity contribution in [2.45, 2.75) is 44.8 Å². The summed E-state index contributed by atoms with van der Waals surface area (Å²) in [6, 6.07) is 33.9. The Kier molecular flexibility index (Phi) is 8.47. The van der Waals surface area contributed by atoms with Crippen LogP contribution in [0.1, 0.15) is 24.0 Å². The maximum absolute atomic E-state index is 2.46. The quantitative estimate of drug-likeness (QED) is 0.242. The third-order valence-corrected chi connectivity index (χ3v) is 8.96. The Bertz CT molecular complexity index is 876. The van der Waals surface area contributed by atoms with Gasteiger partial charge in [-0.1, -0.05) is 133 Å². The van der Waals surface area contributed by atoms with E-state index in [1.807, 2.05) is 0 Å². The molecule has 0 amide bonds. The fourth-order valence-electron chi connectivity index (χ4n) is 3.76. The van der Waals surface area contributed by atoms with Crippen molar-refractivity contribution in [3.05, 3.63) is 126 Å². The van der Waals surface area contributed by atoms with Crippen molar-refractivity contribution < 1.29 is 0 Å². The number of aryl methyl sites for hydroxylation is 2. The van der Waals surface area contributed by atoms with Gasteiger partial charge in [0.05, 0.1) is 8.07 Å². The van der Waals surface area contributed by atoms with Crippen LogP contribution >= 0.6 is 0 Å². The van der Waals surface area contributed by atoms with Crippen LogP contribution in [0.15, 0.2) is 115 Å². The molecule has 0 spiro atoms. The van der Waals surface area contributed by atoms with Gasteiger partial charge in [-0.15, -0.1) is 0 Å². The summed E-state index contributed by atoms with van der Waals surface area (Å²) in [6.07, 6.45) is 11.6. The van der Waals surface area contributed by atoms with Crippen LogP contribution in [0.5, 0.6) is 0 Å². The molecule has 3 aromatic rings. The molecule has 1 heteroatoms. The van der Waals surface area contributed by atoms with Gasteiger partial charge in [0.1, 0.15) is 0 Å². The van der Waals surface area contributed by atoms with Crippen LogP contribution < -0.4 is 5.19 Å². The standard InChI is InChI=1S/C29H34Si/c1-30(2,29-19-10-5-11-20-29)25-13-12-18-28(23-21-26-14-6-3-7-15-26)24-22-27-16-8-4-9-17-27/h3-20H,21-25H2,1-2H3/b13-12-. The molecule has 3 aromatic carbocycles. The van der Waals surface area contributed by atoms with Crippen LogP contribution in [-0.2, 0) is 12.8 Å². The maximum Gasteiger partial charge on any atom is 0.0843 e. The smallest absolute Gasteiger partial charge is 0.0843 e. The molecule has 0 saturated carbocycles. The van der Waals surface area contributed by atoms with Gasteiger partial charge in [-0.05, 0) is 42.9 Å². The molecule has 0 nitrogen and oxygen atoms in total. The van der Waals surface area contributed by atoms with E-state index < -0.39 is 8.07 Å². The highest BCUT2D eigenvalue weighted by Gasteiger charge is 2.20. The van der Waals surface area contributed by atoms with E-state index >= 15 is 0 Å². The van der Waals surface area contributed by atoms with E-state index in [9.17, 15) is 0 Å². The molecular formula is C29H34Si. The van der Waals surface area contributed by atoms with Crippen LogP contribution in [0.4, 0.5) is 0 Å². The second-order valence-electron chi connectivity index (χ2n) is 8.68. The van der Waals surface area contributed by atoms with Crippen molar-refractivity contribution in [2.75, 3.05) is 0 Å². The topological polar surface area (TPSA) is 0 Å². The normalized spacial score (nSPS) is 11.5. The highest BCUT2D eigenvalue weighted by atomic mass is 28.3. The summed E-state index contributed by atoms with van der Waals surface area (Å²) >= 11 is 0. The zero-order chi connectivity index (χ0) is 21.1. The molecule has 0 aliphatic rings. The van der Waals surface area contributed by atoms with Crippen LogP contribution in [0.2, 0.25) is 19.1 Å². The molecule has 0 saturated heterocycles. The molecule has 0 aliphatic heterocycles. The molecule has 0 fully saturated rings. The first-order chi connectivity index (χ1) is 14.6. The third-order valence-electron chi connectivity index (χ3n) is 5.81. The molecule has 0 aromatic heterocycles. The predicted octanol–water partition coefficient (Wildman–Crippen LogP) is 7.35. The number of rotatable bonds is 10. The average Bonchev–Trinajstić information content (AvgIpc) is 2.80. The Morgan fingerprint density at radius 2 is 1.13 bits per heavy atom. The Labute approximate surface area is 184 Å². The Balaban J connectivity index is 1.63. The summed E-state index contributed by atoms with van der Waals surface area (Å²) in [5.74, 6) is 0. The maximum atomic E-state index is 2.46. The van der Waals surface area contributed by atoms with Crippen molar-refractivity contribution in [3.63, 3.8) is 0 Å². The molecule has 3 rings (SSSR count). The molecule has 0 aliphatic carbocycles. The van der Waals surface area contributed by atoms with Crippen LogP contribution in [0, 0.1) is 0 Å². The van der Waals surface area contributed by atoms with Crippen LogP contribution in [0.3, 0.4) is 0 Å². The molecule has 0 unspecified atom stereocenters. The van der Waals surface area contributed by atoms with Gasteiger partial charge < -0.3 is 0 Å². The van der Waals surface area contributed by atoms with Crippen molar-refractivity contribution in [3.8, 4) is 0 Å². The van der Waals surface area contributed by atoms with E-state index in [1.54, 1.807) is 0 Å². The van der Waals surface area contributed by atoms with E-state index in [0.717, 1.165) is 25.7 Å². The number of hydrogen-bond donors (Lipinski definition) is 0. The van der Waals surface area contributed by atoms with E-state index in [0.29, 0.717) is 0 Å². The molecule has 30 heavy (non-hydrogen) atoms. The largest absolute Gasteiger partial charge is 0.0869 e. The zero-order valence-corrected chi connectivity index (χ0v) is 19.4. The lowest BCUT2D eigenvalue weighted by atomic mass is 9.98. The predicted molar refractivity (Wildman–Crippen MR) is 135 cm³/mol. The summed E-state index contributed by atoms with van der Waals surface area (Å²) in [7, 11) is -1.41. The minimum Gasteiger partial charge on any atom is -0.0869 e. The summed E-state index contributed by atoms with van der Waals surface area (Å²) < 4.78 is 0. The molecule has 0 heterocycles. The van der Waals surface area contributed by atoms with Gasteiger partial charge in [-0.25, -0.2) is 0 Å². The first-order valence-corrected chi connectivity index (χ1v) is 14.3. The molecule has 0 bridgehead atoms. The van der Waals surface area contributed by atoms with Gasteiger partial charge in [-0.2, -0.15) is 0 Å².